The molecule has 0 saturated heterocycles. The standard InChI is InChI=1S/C11H13BrO2S/c1-7-6-8(4-5-9(7)12)15-11(2,3)10(13)14/h4-6H,1-3H3,(H,13,14). The van der Waals surface area contributed by atoms with Crippen LogP contribution in [-0.2, 0) is 4.79 Å². The monoisotopic (exact) mass is 288 g/mol. The highest BCUT2D eigenvalue weighted by atomic mass is 79.9. The first kappa shape index (κ1) is 12.6. The fourth-order valence-electron chi connectivity index (χ4n) is 1.02. The Bertz CT molecular complexity index is 388. The summed E-state index contributed by atoms with van der Waals surface area (Å²) in [5.41, 5.74) is 1.11. The maximum absolute atomic E-state index is 10.9. The smallest absolute Gasteiger partial charge is 0.319 e. The largest absolute Gasteiger partial charge is 0.480 e. The van der Waals surface area contributed by atoms with Crippen molar-refractivity contribution in [1.82, 2.24) is 0 Å². The molecule has 0 heterocycles. The molecule has 4 heteroatoms. The summed E-state index contributed by atoms with van der Waals surface area (Å²) in [6.07, 6.45) is 0. The van der Waals surface area contributed by atoms with Gasteiger partial charge in [-0.05, 0) is 44.5 Å². The van der Waals surface area contributed by atoms with Gasteiger partial charge >= 0.3 is 5.97 Å². The zero-order valence-electron chi connectivity index (χ0n) is 8.87. The molecule has 0 aliphatic heterocycles. The summed E-state index contributed by atoms with van der Waals surface area (Å²) >= 11 is 4.77. The van der Waals surface area contributed by atoms with E-state index in [-0.39, 0.29) is 0 Å². The fourth-order valence-corrected chi connectivity index (χ4v) is 2.31. The molecule has 0 fully saturated rings. The predicted octanol–water partition coefficient (Wildman–Crippen LogP) is 3.71. The number of aliphatic carboxylic acids is 1. The summed E-state index contributed by atoms with van der Waals surface area (Å²) < 4.78 is 0.250. The van der Waals surface area contributed by atoms with Crippen molar-refractivity contribution in [1.29, 1.82) is 0 Å². The van der Waals surface area contributed by atoms with Crippen LogP contribution in [0.15, 0.2) is 27.6 Å². The number of aryl methyl sites for hydroxylation is 1. The van der Waals surface area contributed by atoms with Crippen LogP contribution in [0.25, 0.3) is 0 Å². The van der Waals surface area contributed by atoms with Gasteiger partial charge in [-0.15, -0.1) is 11.8 Å². The maximum Gasteiger partial charge on any atom is 0.319 e. The minimum atomic E-state index is -0.798. The van der Waals surface area contributed by atoms with Crippen LogP contribution >= 0.6 is 27.7 Å². The highest BCUT2D eigenvalue weighted by Gasteiger charge is 2.28. The Morgan fingerprint density at radius 2 is 2.07 bits per heavy atom. The normalized spacial score (nSPS) is 11.5. The summed E-state index contributed by atoms with van der Waals surface area (Å²) in [7, 11) is 0. The molecule has 1 aromatic rings. The highest BCUT2D eigenvalue weighted by Crippen LogP contribution is 2.34. The number of thioether (sulfide) groups is 1. The van der Waals surface area contributed by atoms with Crippen LogP contribution in [0.3, 0.4) is 0 Å². The van der Waals surface area contributed by atoms with Crippen LogP contribution in [-0.4, -0.2) is 15.8 Å². The molecule has 0 saturated carbocycles. The van der Waals surface area contributed by atoms with Gasteiger partial charge in [0.2, 0.25) is 0 Å². The van der Waals surface area contributed by atoms with Crippen molar-refractivity contribution < 1.29 is 9.90 Å². The molecule has 0 bridgehead atoms. The van der Waals surface area contributed by atoms with Gasteiger partial charge < -0.3 is 5.11 Å². The van der Waals surface area contributed by atoms with Gasteiger partial charge in [-0.3, -0.25) is 4.79 Å². The van der Waals surface area contributed by atoms with Crippen molar-refractivity contribution in [3.8, 4) is 0 Å². The van der Waals surface area contributed by atoms with Crippen LogP contribution in [0.4, 0.5) is 0 Å². The molecule has 1 aromatic carbocycles. The first-order valence-electron chi connectivity index (χ1n) is 4.51. The lowest BCUT2D eigenvalue weighted by atomic mass is 10.2. The van der Waals surface area contributed by atoms with E-state index in [4.69, 9.17) is 5.11 Å². The van der Waals surface area contributed by atoms with Crippen molar-refractivity contribution in [2.24, 2.45) is 0 Å². The van der Waals surface area contributed by atoms with E-state index in [1.54, 1.807) is 13.8 Å². The molecule has 0 spiro atoms. The Morgan fingerprint density at radius 1 is 1.47 bits per heavy atom. The van der Waals surface area contributed by atoms with Crippen molar-refractivity contribution in [3.05, 3.63) is 28.2 Å². The SMILES string of the molecule is Cc1cc(SC(C)(C)C(=O)O)ccc1Br. The Hall–Kier alpha value is -0.480. The topological polar surface area (TPSA) is 37.3 Å². The summed E-state index contributed by atoms with van der Waals surface area (Å²) in [5, 5.41) is 9.00. The molecule has 2 nitrogen and oxygen atoms in total. The third-order valence-corrected chi connectivity index (χ3v) is 4.08. The van der Waals surface area contributed by atoms with Gasteiger partial charge in [0, 0.05) is 9.37 Å². The van der Waals surface area contributed by atoms with Crippen LogP contribution < -0.4 is 0 Å². The molecule has 0 aliphatic rings. The van der Waals surface area contributed by atoms with Gasteiger partial charge in [-0.1, -0.05) is 15.9 Å². The quantitative estimate of drug-likeness (QED) is 0.862. The van der Waals surface area contributed by atoms with E-state index in [1.807, 2.05) is 25.1 Å². The third kappa shape index (κ3) is 3.24. The van der Waals surface area contributed by atoms with E-state index in [0.29, 0.717) is 0 Å². The number of hydrogen-bond acceptors (Lipinski definition) is 2. The molecule has 1 rings (SSSR count). The Kier molecular flexibility index (Phi) is 3.84. The minimum Gasteiger partial charge on any atom is -0.480 e. The molecule has 1 N–H and O–H groups in total. The lowest BCUT2D eigenvalue weighted by molar-refractivity contribution is -0.138. The maximum atomic E-state index is 10.9. The van der Waals surface area contributed by atoms with E-state index in [0.717, 1.165) is 14.9 Å². The molecule has 82 valence electrons. The van der Waals surface area contributed by atoms with Crippen molar-refractivity contribution in [2.45, 2.75) is 30.4 Å². The summed E-state index contributed by atoms with van der Waals surface area (Å²) in [6.45, 7) is 5.40. The summed E-state index contributed by atoms with van der Waals surface area (Å²) in [5.74, 6) is -0.798. The average Bonchev–Trinajstić information content (AvgIpc) is 2.10. The zero-order chi connectivity index (χ0) is 11.6. The predicted molar refractivity (Wildman–Crippen MR) is 66.5 cm³/mol. The number of hydrogen-bond donors (Lipinski definition) is 1. The molecule has 0 atom stereocenters. The molecule has 0 amide bonds. The third-order valence-electron chi connectivity index (χ3n) is 2.02. The second-order valence-corrected chi connectivity index (χ2v) is 6.38. The van der Waals surface area contributed by atoms with Gasteiger partial charge in [0.1, 0.15) is 4.75 Å². The molecule has 0 radical (unpaired) electrons. The number of carboxylic acid groups (broad SMARTS) is 1. The van der Waals surface area contributed by atoms with Gasteiger partial charge in [-0.2, -0.15) is 0 Å². The molecule has 0 aromatic heterocycles. The van der Waals surface area contributed by atoms with Gasteiger partial charge in [-0.25, -0.2) is 0 Å². The summed E-state index contributed by atoms with van der Waals surface area (Å²) in [4.78, 5) is 11.9. The second kappa shape index (κ2) is 4.58. The van der Waals surface area contributed by atoms with Crippen LogP contribution in [0.2, 0.25) is 0 Å². The van der Waals surface area contributed by atoms with Crippen LogP contribution in [0.5, 0.6) is 0 Å². The first-order chi connectivity index (χ1) is 6.83. The fraction of sp³-hybridized carbons (Fsp3) is 0.364. The average molecular weight is 289 g/mol. The number of carboxylic acids is 1. The Balaban J connectivity index is 2.91. The number of benzene rings is 1. The number of carbonyl (C=O) groups is 1. The van der Waals surface area contributed by atoms with E-state index < -0.39 is 10.7 Å². The van der Waals surface area contributed by atoms with Gasteiger partial charge in [0.05, 0.1) is 0 Å². The Morgan fingerprint density at radius 3 is 2.53 bits per heavy atom. The lowest BCUT2D eigenvalue weighted by Crippen LogP contribution is -2.26. The summed E-state index contributed by atoms with van der Waals surface area (Å²) in [6, 6.07) is 5.85. The molecule has 15 heavy (non-hydrogen) atoms. The number of halogens is 1. The zero-order valence-corrected chi connectivity index (χ0v) is 11.3. The first-order valence-corrected chi connectivity index (χ1v) is 6.12. The van der Waals surface area contributed by atoms with Crippen molar-refractivity contribution in [3.63, 3.8) is 0 Å². The van der Waals surface area contributed by atoms with Crippen molar-refractivity contribution in [2.75, 3.05) is 0 Å². The minimum absolute atomic E-state index is 0.791. The second-order valence-electron chi connectivity index (χ2n) is 3.83. The van der Waals surface area contributed by atoms with Gasteiger partial charge in [0.25, 0.3) is 0 Å². The van der Waals surface area contributed by atoms with Crippen molar-refractivity contribution >= 4 is 33.7 Å². The molecule has 0 unspecified atom stereocenters. The number of rotatable bonds is 3. The van der Waals surface area contributed by atoms with E-state index in [2.05, 4.69) is 15.9 Å². The lowest BCUT2D eigenvalue weighted by Gasteiger charge is -2.18. The molecule has 0 aliphatic carbocycles. The Labute approximate surface area is 102 Å². The molecular weight excluding hydrogens is 276 g/mol. The van der Waals surface area contributed by atoms with E-state index >= 15 is 0 Å². The van der Waals surface area contributed by atoms with Crippen LogP contribution in [0.1, 0.15) is 19.4 Å². The van der Waals surface area contributed by atoms with E-state index in [1.165, 1.54) is 11.8 Å². The van der Waals surface area contributed by atoms with Crippen LogP contribution in [0, 0.1) is 6.92 Å². The van der Waals surface area contributed by atoms with Gasteiger partial charge in [0.15, 0.2) is 0 Å². The molecular formula is C11H13BrO2S. The van der Waals surface area contributed by atoms with E-state index in [9.17, 15) is 4.79 Å². The highest BCUT2D eigenvalue weighted by molar-refractivity contribution is 9.10.